The van der Waals surface area contributed by atoms with Gasteiger partial charge in [-0.25, -0.2) is 4.79 Å². The predicted molar refractivity (Wildman–Crippen MR) is 182 cm³/mol. The molecule has 11 heteroatoms. The van der Waals surface area contributed by atoms with Crippen molar-refractivity contribution in [3.8, 4) is 11.5 Å². The average Bonchev–Trinajstić information content (AvgIpc) is 3.41. The number of carbonyl (C=O) groups excluding carboxylic acids is 3. The van der Waals surface area contributed by atoms with Crippen LogP contribution in [-0.4, -0.2) is 75.3 Å². The molecule has 0 bridgehead atoms. The highest BCUT2D eigenvalue weighted by molar-refractivity contribution is 5.83. The van der Waals surface area contributed by atoms with E-state index in [0.717, 1.165) is 12.0 Å². The van der Waals surface area contributed by atoms with Crippen molar-refractivity contribution >= 4 is 17.9 Å². The second-order valence-corrected chi connectivity index (χ2v) is 14.5. The summed E-state index contributed by atoms with van der Waals surface area (Å²) in [4.78, 5) is 40.4. The van der Waals surface area contributed by atoms with Crippen LogP contribution in [0.15, 0.2) is 18.2 Å². The molecule has 0 aliphatic carbocycles. The molecule has 0 radical (unpaired) electrons. The van der Waals surface area contributed by atoms with Gasteiger partial charge < -0.3 is 34.7 Å². The molecule has 47 heavy (non-hydrogen) atoms. The number of nitrogens with one attached hydrogen (secondary N) is 1. The highest BCUT2D eigenvalue weighted by Gasteiger charge is 2.43. The molecule has 5 atom stereocenters. The molecule has 1 fully saturated rings. The Kier molecular flexibility index (Phi) is 15.8. The van der Waals surface area contributed by atoms with E-state index in [0.29, 0.717) is 37.4 Å². The van der Waals surface area contributed by atoms with Crippen LogP contribution in [0.3, 0.4) is 0 Å². The zero-order valence-electron chi connectivity index (χ0n) is 30.6. The van der Waals surface area contributed by atoms with E-state index in [1.54, 1.807) is 33.0 Å². The Labute approximate surface area is 282 Å². The Morgan fingerprint density at radius 3 is 2.26 bits per heavy atom. The summed E-state index contributed by atoms with van der Waals surface area (Å²) in [6.07, 6.45) is 1.30. The highest BCUT2D eigenvalue weighted by atomic mass is 16.7. The summed E-state index contributed by atoms with van der Waals surface area (Å²) < 4.78 is 29.1. The first-order valence-electron chi connectivity index (χ1n) is 17.0. The first-order valence-corrected chi connectivity index (χ1v) is 17.0. The van der Waals surface area contributed by atoms with Gasteiger partial charge in [0, 0.05) is 26.0 Å². The summed E-state index contributed by atoms with van der Waals surface area (Å²) in [6.45, 7) is 18.3. The Bertz CT molecular complexity index is 1150. The van der Waals surface area contributed by atoms with Gasteiger partial charge in [-0.2, -0.15) is 0 Å². The molecule has 1 aliphatic rings. The minimum absolute atomic E-state index is 0.00412. The topological polar surface area (TPSA) is 139 Å². The van der Waals surface area contributed by atoms with E-state index in [1.807, 2.05) is 52.8 Å². The van der Waals surface area contributed by atoms with E-state index in [2.05, 4.69) is 19.2 Å². The number of primary amides is 1. The quantitative estimate of drug-likeness (QED) is 0.178. The molecule has 1 aliphatic heterocycles. The van der Waals surface area contributed by atoms with Crippen molar-refractivity contribution < 1.29 is 38.1 Å². The lowest BCUT2D eigenvalue weighted by atomic mass is 9.80. The van der Waals surface area contributed by atoms with Crippen molar-refractivity contribution in [2.75, 3.05) is 34.1 Å². The number of amides is 3. The average molecular weight is 664 g/mol. The fraction of sp³-hybridized carbons (Fsp3) is 0.750. The lowest BCUT2D eigenvalue weighted by Crippen LogP contribution is -2.47. The van der Waals surface area contributed by atoms with Gasteiger partial charge in [0.2, 0.25) is 11.8 Å². The van der Waals surface area contributed by atoms with Gasteiger partial charge in [-0.3, -0.25) is 14.5 Å². The van der Waals surface area contributed by atoms with E-state index in [4.69, 9.17) is 29.4 Å². The SMILES string of the molecule is CCC(OC)Oc1cc(C[C@@H](CC2C(C[C@H](C(=O)NCC(C)(C)C(N)=O)C(C)C)OCN2C(=O)OCC(C)C)C(C)C)ccc1OC. The fourth-order valence-corrected chi connectivity index (χ4v) is 5.64. The van der Waals surface area contributed by atoms with Crippen LogP contribution in [0.25, 0.3) is 0 Å². The smallest absolute Gasteiger partial charge is 0.411 e. The second-order valence-electron chi connectivity index (χ2n) is 14.5. The third-order valence-corrected chi connectivity index (χ3v) is 9.10. The van der Waals surface area contributed by atoms with Crippen LogP contribution in [0.2, 0.25) is 0 Å². The molecule has 0 aromatic heterocycles. The third kappa shape index (κ3) is 11.9. The molecule has 2 rings (SSSR count). The largest absolute Gasteiger partial charge is 0.493 e. The van der Waals surface area contributed by atoms with Crippen LogP contribution in [-0.2, 0) is 30.2 Å². The Hall–Kier alpha value is -3.05. The zero-order valence-corrected chi connectivity index (χ0v) is 30.6. The minimum atomic E-state index is -0.877. The van der Waals surface area contributed by atoms with Gasteiger partial charge in [0.1, 0.15) is 6.73 Å². The van der Waals surface area contributed by atoms with Crippen LogP contribution in [0, 0.1) is 35.0 Å². The Balaban J connectivity index is 2.37. The number of hydrogen-bond acceptors (Lipinski definition) is 8. The van der Waals surface area contributed by atoms with E-state index in [-0.39, 0.29) is 55.0 Å². The highest BCUT2D eigenvalue weighted by Crippen LogP contribution is 2.36. The molecule has 0 spiro atoms. The molecule has 3 unspecified atom stereocenters. The van der Waals surface area contributed by atoms with Gasteiger partial charge in [-0.05, 0) is 74.5 Å². The Morgan fingerprint density at radius 1 is 1.04 bits per heavy atom. The number of rotatable bonds is 19. The summed E-state index contributed by atoms with van der Waals surface area (Å²) in [5, 5.41) is 2.94. The fourth-order valence-electron chi connectivity index (χ4n) is 5.64. The van der Waals surface area contributed by atoms with Gasteiger partial charge in [-0.15, -0.1) is 0 Å². The number of carbonyl (C=O) groups is 3. The summed E-state index contributed by atoms with van der Waals surface area (Å²) in [5.74, 6) is 0.836. The lowest BCUT2D eigenvalue weighted by Gasteiger charge is -2.33. The standard InChI is InChI=1S/C36H61N3O8/c1-12-32(44-11)47-31-16-25(13-14-29(31)43-10)15-26(23(4)5)17-28-30(46-21-39(28)35(42)45-19-22(2)3)18-27(24(6)7)33(40)38-20-36(8,9)34(37)41/h13-14,16,22-24,26-28,30,32H,12,15,17-21H2,1-11H3,(H2,37,41)(H,38,40)/t26-,27-,28?,30?,32?/m0/s1. The van der Waals surface area contributed by atoms with E-state index in [1.165, 1.54) is 0 Å². The summed E-state index contributed by atoms with van der Waals surface area (Å²) >= 11 is 0. The lowest BCUT2D eigenvalue weighted by molar-refractivity contribution is -0.130. The molecule has 0 saturated carbocycles. The molecule has 3 amide bonds. The molecule has 1 aromatic rings. The van der Waals surface area contributed by atoms with Crippen LogP contribution in [0.5, 0.6) is 11.5 Å². The van der Waals surface area contributed by atoms with Crippen molar-refractivity contribution in [1.82, 2.24) is 10.2 Å². The predicted octanol–water partition coefficient (Wildman–Crippen LogP) is 5.77. The number of ether oxygens (including phenoxy) is 5. The molecule has 11 nitrogen and oxygen atoms in total. The maximum Gasteiger partial charge on any atom is 0.411 e. The van der Waals surface area contributed by atoms with E-state index >= 15 is 0 Å². The molecule has 1 saturated heterocycles. The maximum atomic E-state index is 13.5. The van der Waals surface area contributed by atoms with Gasteiger partial charge >= 0.3 is 6.09 Å². The van der Waals surface area contributed by atoms with Crippen LogP contribution >= 0.6 is 0 Å². The van der Waals surface area contributed by atoms with Crippen LogP contribution in [0.1, 0.15) is 87.1 Å². The number of hydrogen-bond donors (Lipinski definition) is 2. The van der Waals surface area contributed by atoms with Crippen molar-refractivity contribution in [2.24, 2.45) is 40.7 Å². The normalized spacial score (nSPS) is 18.7. The van der Waals surface area contributed by atoms with Gasteiger partial charge in [0.25, 0.3) is 0 Å². The summed E-state index contributed by atoms with van der Waals surface area (Å²) in [6, 6.07) is 5.65. The summed E-state index contributed by atoms with van der Waals surface area (Å²) in [7, 11) is 3.23. The van der Waals surface area contributed by atoms with E-state index < -0.39 is 29.6 Å². The molecular formula is C36H61N3O8. The third-order valence-electron chi connectivity index (χ3n) is 9.10. The molecule has 1 heterocycles. The second kappa shape index (κ2) is 18.5. The number of nitrogens with two attached hydrogens (primary N) is 1. The number of benzene rings is 1. The molecular weight excluding hydrogens is 602 g/mol. The van der Waals surface area contributed by atoms with Gasteiger partial charge in [-0.1, -0.05) is 54.5 Å². The molecule has 268 valence electrons. The van der Waals surface area contributed by atoms with Crippen molar-refractivity contribution in [1.29, 1.82) is 0 Å². The van der Waals surface area contributed by atoms with Crippen molar-refractivity contribution in [3.63, 3.8) is 0 Å². The maximum absolute atomic E-state index is 13.5. The van der Waals surface area contributed by atoms with Crippen LogP contribution < -0.4 is 20.5 Å². The number of methoxy groups -OCH3 is 2. The van der Waals surface area contributed by atoms with Gasteiger partial charge in [0.05, 0.1) is 31.3 Å². The minimum Gasteiger partial charge on any atom is -0.493 e. The van der Waals surface area contributed by atoms with Crippen molar-refractivity contribution in [3.05, 3.63) is 23.8 Å². The molecule has 3 N–H and O–H groups in total. The molecule has 1 aromatic carbocycles. The zero-order chi connectivity index (χ0) is 35.5. The van der Waals surface area contributed by atoms with E-state index in [9.17, 15) is 14.4 Å². The first-order chi connectivity index (χ1) is 22.0. The Morgan fingerprint density at radius 2 is 1.72 bits per heavy atom. The number of nitrogens with zero attached hydrogens (tertiary/aromatic N) is 1. The van der Waals surface area contributed by atoms with Crippen LogP contribution in [0.4, 0.5) is 4.79 Å². The first kappa shape index (κ1) is 40.1. The van der Waals surface area contributed by atoms with Gasteiger partial charge in [0.15, 0.2) is 17.8 Å². The summed E-state index contributed by atoms with van der Waals surface area (Å²) in [5.41, 5.74) is 5.73. The monoisotopic (exact) mass is 663 g/mol. The van der Waals surface area contributed by atoms with Crippen molar-refractivity contribution in [2.45, 2.75) is 106 Å².